The first-order valence-electron chi connectivity index (χ1n) is 11.2. The molecule has 2 aromatic carbocycles. The van der Waals surface area contributed by atoms with Crippen LogP contribution in [0.1, 0.15) is 17.8 Å². The molecule has 33 heavy (non-hydrogen) atoms. The zero-order valence-corrected chi connectivity index (χ0v) is 19.5. The summed E-state index contributed by atoms with van der Waals surface area (Å²) < 4.78 is 2.07. The van der Waals surface area contributed by atoms with Gasteiger partial charge in [-0.15, -0.1) is 10.2 Å². The quantitative estimate of drug-likeness (QED) is 0.444. The van der Waals surface area contributed by atoms with Gasteiger partial charge in [0.2, 0.25) is 11.9 Å². The monoisotopic (exact) mass is 461 g/mol. The average Bonchev–Trinajstić information content (AvgIpc) is 3.32. The van der Waals surface area contributed by atoms with E-state index >= 15 is 0 Å². The van der Waals surface area contributed by atoms with E-state index < -0.39 is 0 Å². The number of aromatic amines is 1. The van der Waals surface area contributed by atoms with Crippen LogP contribution in [0.5, 0.6) is 0 Å². The van der Waals surface area contributed by atoms with Crippen molar-refractivity contribution in [2.45, 2.75) is 25.0 Å². The summed E-state index contributed by atoms with van der Waals surface area (Å²) in [5, 5.41) is 9.32. The number of carbonyl (C=O) groups excluding carboxylic acids is 1. The molecule has 0 bridgehead atoms. The van der Waals surface area contributed by atoms with Crippen LogP contribution in [0, 0.1) is 6.92 Å². The number of imidazole rings is 1. The van der Waals surface area contributed by atoms with Gasteiger partial charge in [0.1, 0.15) is 5.82 Å². The summed E-state index contributed by atoms with van der Waals surface area (Å²) in [4.78, 5) is 25.3. The van der Waals surface area contributed by atoms with Gasteiger partial charge in [0.25, 0.3) is 0 Å². The molecule has 0 saturated carbocycles. The highest BCUT2D eigenvalue weighted by Crippen LogP contribution is 2.21. The Labute approximate surface area is 197 Å². The van der Waals surface area contributed by atoms with Crippen molar-refractivity contribution in [2.75, 3.05) is 36.8 Å². The molecule has 0 spiro atoms. The molecule has 9 heteroatoms. The molecule has 1 N–H and O–H groups in total. The van der Waals surface area contributed by atoms with Gasteiger partial charge < -0.3 is 19.4 Å². The Morgan fingerprint density at radius 2 is 1.82 bits per heavy atom. The van der Waals surface area contributed by atoms with Crippen molar-refractivity contribution in [1.29, 1.82) is 0 Å². The summed E-state index contributed by atoms with van der Waals surface area (Å²) in [5.74, 6) is 2.23. The number of rotatable bonds is 6. The molecular formula is C24H27N7OS. The van der Waals surface area contributed by atoms with Crippen molar-refractivity contribution in [3.63, 3.8) is 0 Å². The van der Waals surface area contributed by atoms with E-state index in [9.17, 15) is 4.79 Å². The summed E-state index contributed by atoms with van der Waals surface area (Å²) in [7, 11) is 0. The number of benzene rings is 2. The van der Waals surface area contributed by atoms with E-state index in [1.807, 2.05) is 54.3 Å². The van der Waals surface area contributed by atoms with Crippen LogP contribution in [0.3, 0.4) is 0 Å². The lowest BCUT2D eigenvalue weighted by atomic mass is 10.2. The number of H-pyrrole nitrogens is 1. The zero-order valence-electron chi connectivity index (χ0n) is 18.6. The van der Waals surface area contributed by atoms with Crippen molar-refractivity contribution >= 4 is 34.7 Å². The third-order valence-corrected chi connectivity index (χ3v) is 6.89. The SMILES string of the molecule is Cc1nnc(SCC(=O)N2CCCN(c3nc4ccccc4[nH]3)CC2)n1Cc1ccccc1. The number of nitrogens with zero attached hydrogens (tertiary/aromatic N) is 6. The van der Waals surface area contributed by atoms with E-state index in [4.69, 9.17) is 4.98 Å². The fraction of sp³-hybridized carbons (Fsp3) is 0.333. The van der Waals surface area contributed by atoms with Gasteiger partial charge in [-0.3, -0.25) is 4.79 Å². The van der Waals surface area contributed by atoms with Gasteiger partial charge in [-0.1, -0.05) is 54.2 Å². The van der Waals surface area contributed by atoms with Gasteiger partial charge >= 0.3 is 0 Å². The minimum atomic E-state index is 0.137. The maximum atomic E-state index is 13.0. The summed E-state index contributed by atoms with van der Waals surface area (Å²) >= 11 is 1.46. The first-order chi connectivity index (χ1) is 16.2. The van der Waals surface area contributed by atoms with Gasteiger partial charge in [0.15, 0.2) is 5.16 Å². The standard InChI is InChI=1S/C24H27N7OS/c1-18-27-28-24(31(18)16-19-8-3-2-4-9-19)33-17-22(32)29-12-7-13-30(15-14-29)23-25-20-10-5-6-11-21(20)26-23/h2-6,8-11H,7,12-17H2,1H3,(H,25,26). The molecule has 4 aromatic rings. The number of thioether (sulfide) groups is 1. The Hall–Kier alpha value is -3.33. The Bertz CT molecular complexity index is 1200. The molecule has 170 valence electrons. The molecule has 1 aliphatic rings. The van der Waals surface area contributed by atoms with E-state index in [1.54, 1.807) is 0 Å². The third kappa shape index (κ3) is 4.88. The third-order valence-electron chi connectivity index (χ3n) is 5.94. The summed E-state index contributed by atoms with van der Waals surface area (Å²) in [6.07, 6.45) is 0.913. The van der Waals surface area contributed by atoms with Crippen LogP contribution >= 0.6 is 11.8 Å². The van der Waals surface area contributed by atoms with Gasteiger partial charge in [0, 0.05) is 26.2 Å². The van der Waals surface area contributed by atoms with Crippen LogP contribution < -0.4 is 4.90 Å². The molecule has 1 fully saturated rings. The predicted molar refractivity (Wildman–Crippen MR) is 131 cm³/mol. The smallest absolute Gasteiger partial charge is 0.233 e. The molecule has 3 heterocycles. The van der Waals surface area contributed by atoms with Gasteiger partial charge in [0.05, 0.1) is 23.3 Å². The molecule has 2 aromatic heterocycles. The first-order valence-corrected chi connectivity index (χ1v) is 12.2. The van der Waals surface area contributed by atoms with Crippen LogP contribution in [0.4, 0.5) is 5.95 Å². The molecular weight excluding hydrogens is 434 g/mol. The molecule has 0 radical (unpaired) electrons. The lowest BCUT2D eigenvalue weighted by Gasteiger charge is -2.21. The summed E-state index contributed by atoms with van der Waals surface area (Å²) in [6, 6.07) is 18.3. The van der Waals surface area contributed by atoms with E-state index in [-0.39, 0.29) is 5.91 Å². The van der Waals surface area contributed by atoms with Crippen molar-refractivity contribution in [3.05, 3.63) is 66.0 Å². The van der Waals surface area contributed by atoms with Gasteiger partial charge in [-0.25, -0.2) is 4.98 Å². The number of fused-ring (bicyclic) bond motifs is 1. The molecule has 1 aliphatic heterocycles. The number of anilines is 1. The molecule has 8 nitrogen and oxygen atoms in total. The van der Waals surface area contributed by atoms with E-state index in [2.05, 4.69) is 36.8 Å². The van der Waals surface area contributed by atoms with Crippen molar-refractivity contribution < 1.29 is 4.79 Å². The number of hydrogen-bond acceptors (Lipinski definition) is 6. The number of para-hydroxylation sites is 2. The molecule has 1 saturated heterocycles. The summed E-state index contributed by atoms with van der Waals surface area (Å²) in [5.41, 5.74) is 3.19. The molecule has 0 unspecified atom stereocenters. The second-order valence-electron chi connectivity index (χ2n) is 8.19. The molecule has 0 atom stereocenters. The lowest BCUT2D eigenvalue weighted by molar-refractivity contribution is -0.128. The van der Waals surface area contributed by atoms with Crippen LogP contribution in [0.15, 0.2) is 59.8 Å². The Morgan fingerprint density at radius 1 is 1.00 bits per heavy atom. The fourth-order valence-corrected chi connectivity index (χ4v) is 4.99. The van der Waals surface area contributed by atoms with Crippen molar-refractivity contribution in [3.8, 4) is 0 Å². The molecule has 1 amide bonds. The summed E-state index contributed by atoms with van der Waals surface area (Å²) in [6.45, 7) is 5.73. The highest BCUT2D eigenvalue weighted by Gasteiger charge is 2.22. The van der Waals surface area contributed by atoms with Crippen LogP contribution in [0.25, 0.3) is 11.0 Å². The van der Waals surface area contributed by atoms with E-state index in [0.29, 0.717) is 18.8 Å². The number of hydrogen-bond donors (Lipinski definition) is 1. The number of carbonyl (C=O) groups is 1. The number of nitrogens with one attached hydrogen (secondary N) is 1. The number of aryl methyl sites for hydroxylation is 1. The largest absolute Gasteiger partial charge is 0.341 e. The minimum Gasteiger partial charge on any atom is -0.341 e. The first kappa shape index (κ1) is 21.5. The Kier molecular flexibility index (Phi) is 6.30. The normalized spacial score (nSPS) is 14.6. The maximum absolute atomic E-state index is 13.0. The van der Waals surface area contributed by atoms with Crippen LogP contribution in [-0.2, 0) is 11.3 Å². The van der Waals surface area contributed by atoms with Crippen molar-refractivity contribution in [2.24, 2.45) is 0 Å². The minimum absolute atomic E-state index is 0.137. The van der Waals surface area contributed by atoms with Crippen LogP contribution in [-0.4, -0.2) is 67.5 Å². The topological polar surface area (TPSA) is 82.9 Å². The van der Waals surface area contributed by atoms with Crippen LogP contribution in [0.2, 0.25) is 0 Å². The zero-order chi connectivity index (χ0) is 22.6. The highest BCUT2D eigenvalue weighted by atomic mass is 32.2. The average molecular weight is 462 g/mol. The second kappa shape index (κ2) is 9.66. The number of aromatic nitrogens is 5. The van der Waals surface area contributed by atoms with Gasteiger partial charge in [-0.05, 0) is 31.0 Å². The Morgan fingerprint density at radius 3 is 2.67 bits per heavy atom. The second-order valence-corrected chi connectivity index (χ2v) is 9.13. The molecule has 0 aliphatic carbocycles. The molecule has 5 rings (SSSR count). The van der Waals surface area contributed by atoms with Crippen molar-refractivity contribution in [1.82, 2.24) is 29.6 Å². The van der Waals surface area contributed by atoms with E-state index in [1.165, 1.54) is 17.3 Å². The highest BCUT2D eigenvalue weighted by molar-refractivity contribution is 7.99. The predicted octanol–water partition coefficient (Wildman–Crippen LogP) is 3.34. The fourth-order valence-electron chi connectivity index (χ4n) is 4.10. The number of amides is 1. The lowest BCUT2D eigenvalue weighted by Crippen LogP contribution is -2.36. The van der Waals surface area contributed by atoms with Gasteiger partial charge in [-0.2, -0.15) is 0 Å². The Balaban J connectivity index is 1.19. The maximum Gasteiger partial charge on any atom is 0.233 e. The van der Waals surface area contributed by atoms with E-state index in [0.717, 1.165) is 54.0 Å².